The number of nitrogens with one attached hydrogen (secondary N) is 1. The lowest BCUT2D eigenvalue weighted by atomic mass is 10.0. The summed E-state index contributed by atoms with van der Waals surface area (Å²) in [6.07, 6.45) is 1.07. The first-order chi connectivity index (χ1) is 12.9. The van der Waals surface area contributed by atoms with Crippen molar-refractivity contribution >= 4 is 23.2 Å². The highest BCUT2D eigenvalue weighted by atomic mass is 16.5. The van der Waals surface area contributed by atoms with Gasteiger partial charge < -0.3 is 15.0 Å². The van der Waals surface area contributed by atoms with Gasteiger partial charge in [0, 0.05) is 18.7 Å². The van der Waals surface area contributed by atoms with Crippen LogP contribution in [0.4, 0.5) is 11.4 Å². The van der Waals surface area contributed by atoms with Gasteiger partial charge in [0.05, 0.1) is 18.7 Å². The van der Waals surface area contributed by atoms with Crippen LogP contribution < -0.4 is 15.0 Å². The quantitative estimate of drug-likeness (QED) is 0.874. The lowest BCUT2D eigenvalue weighted by molar-refractivity contribution is -0.122. The van der Waals surface area contributed by atoms with Gasteiger partial charge in [0.15, 0.2) is 0 Å². The number of rotatable bonds is 5. The van der Waals surface area contributed by atoms with Crippen LogP contribution in [0.15, 0.2) is 36.4 Å². The van der Waals surface area contributed by atoms with E-state index in [9.17, 15) is 9.59 Å². The minimum Gasteiger partial charge on any atom is -0.495 e. The van der Waals surface area contributed by atoms with E-state index in [1.54, 1.807) is 12.0 Å². The first-order valence-corrected chi connectivity index (χ1v) is 9.29. The Kier molecular flexibility index (Phi) is 5.49. The molecule has 5 heteroatoms. The summed E-state index contributed by atoms with van der Waals surface area (Å²) in [6, 6.07) is 11.7. The molecule has 1 aliphatic rings. The smallest absolute Gasteiger partial charge is 0.229 e. The first-order valence-electron chi connectivity index (χ1n) is 9.29. The molecule has 0 radical (unpaired) electrons. The third-order valence-electron chi connectivity index (χ3n) is 5.08. The van der Waals surface area contributed by atoms with E-state index in [-0.39, 0.29) is 24.2 Å². The second-order valence-corrected chi connectivity index (χ2v) is 7.03. The third-order valence-corrected chi connectivity index (χ3v) is 5.08. The number of carbonyl (C=O) groups excluding carboxylic acids is 2. The fourth-order valence-corrected chi connectivity index (χ4v) is 3.64. The highest BCUT2D eigenvalue weighted by Gasteiger charge is 2.36. The Balaban J connectivity index is 1.80. The zero-order chi connectivity index (χ0) is 19.6. The van der Waals surface area contributed by atoms with Gasteiger partial charge in [-0.3, -0.25) is 9.59 Å². The van der Waals surface area contributed by atoms with Gasteiger partial charge in [-0.05, 0) is 49.1 Å². The van der Waals surface area contributed by atoms with Crippen LogP contribution in [0.3, 0.4) is 0 Å². The molecule has 1 unspecified atom stereocenters. The summed E-state index contributed by atoms with van der Waals surface area (Å²) >= 11 is 0. The minimum atomic E-state index is -0.382. The predicted octanol–water partition coefficient (Wildman–Crippen LogP) is 3.87. The predicted molar refractivity (Wildman–Crippen MR) is 107 cm³/mol. The van der Waals surface area contributed by atoms with Crippen molar-refractivity contribution in [2.45, 2.75) is 33.6 Å². The van der Waals surface area contributed by atoms with Crippen LogP contribution >= 0.6 is 0 Å². The van der Waals surface area contributed by atoms with Crippen molar-refractivity contribution in [1.29, 1.82) is 0 Å². The Bertz CT molecular complexity index is 876. The van der Waals surface area contributed by atoms with Gasteiger partial charge in [0.1, 0.15) is 5.75 Å². The Hall–Kier alpha value is -2.82. The summed E-state index contributed by atoms with van der Waals surface area (Å²) in [4.78, 5) is 27.2. The molecule has 0 spiro atoms. The number of ether oxygens (including phenoxy) is 1. The molecule has 1 saturated heterocycles. The molecule has 27 heavy (non-hydrogen) atoms. The van der Waals surface area contributed by atoms with Crippen molar-refractivity contribution in [3.05, 3.63) is 53.1 Å². The number of hydrogen-bond donors (Lipinski definition) is 1. The molecule has 2 aromatic carbocycles. The van der Waals surface area contributed by atoms with Gasteiger partial charge in [-0.1, -0.05) is 31.2 Å². The van der Waals surface area contributed by atoms with E-state index in [4.69, 9.17) is 4.74 Å². The summed E-state index contributed by atoms with van der Waals surface area (Å²) in [5.41, 5.74) is 4.81. The maximum Gasteiger partial charge on any atom is 0.229 e. The van der Waals surface area contributed by atoms with Gasteiger partial charge in [0.25, 0.3) is 0 Å². The molecule has 1 atom stereocenters. The Morgan fingerprint density at radius 3 is 2.74 bits per heavy atom. The van der Waals surface area contributed by atoms with E-state index in [1.165, 1.54) is 0 Å². The van der Waals surface area contributed by atoms with Gasteiger partial charge in [0.2, 0.25) is 11.8 Å². The second kappa shape index (κ2) is 7.82. The van der Waals surface area contributed by atoms with E-state index >= 15 is 0 Å². The van der Waals surface area contributed by atoms with Crippen molar-refractivity contribution in [3.8, 4) is 5.75 Å². The van der Waals surface area contributed by atoms with E-state index in [0.717, 1.165) is 28.8 Å². The summed E-state index contributed by atoms with van der Waals surface area (Å²) in [5.74, 6) is 0.0751. The highest BCUT2D eigenvalue weighted by molar-refractivity contribution is 6.04. The molecule has 1 N–H and O–H groups in total. The number of amides is 2. The molecule has 1 heterocycles. The van der Waals surface area contributed by atoms with E-state index in [0.29, 0.717) is 18.0 Å². The SMILES string of the molecule is CCc1cccc(C)c1N1CC(C(=O)Nc2cc(C)ccc2OC)CC1=O. The van der Waals surface area contributed by atoms with Crippen molar-refractivity contribution in [2.24, 2.45) is 5.92 Å². The van der Waals surface area contributed by atoms with Crippen molar-refractivity contribution in [1.82, 2.24) is 0 Å². The van der Waals surface area contributed by atoms with Crippen LogP contribution in [0.1, 0.15) is 30.0 Å². The molecular weight excluding hydrogens is 340 g/mol. The summed E-state index contributed by atoms with van der Waals surface area (Å²) in [5, 5.41) is 2.94. The monoisotopic (exact) mass is 366 g/mol. The molecule has 0 saturated carbocycles. The van der Waals surface area contributed by atoms with Gasteiger partial charge in [-0.2, -0.15) is 0 Å². The van der Waals surface area contributed by atoms with Crippen molar-refractivity contribution in [3.63, 3.8) is 0 Å². The van der Waals surface area contributed by atoms with Crippen LogP contribution in [0.5, 0.6) is 5.75 Å². The average molecular weight is 366 g/mol. The molecule has 2 aromatic rings. The van der Waals surface area contributed by atoms with Crippen molar-refractivity contribution in [2.75, 3.05) is 23.9 Å². The van der Waals surface area contributed by atoms with E-state index in [1.807, 2.05) is 50.2 Å². The number of aryl methyl sites for hydroxylation is 3. The largest absolute Gasteiger partial charge is 0.495 e. The minimum absolute atomic E-state index is 0.00430. The standard InChI is InChI=1S/C22H26N2O3/c1-5-16-8-6-7-15(3)21(16)24-13-17(12-20(24)25)22(26)23-18-11-14(2)9-10-19(18)27-4/h6-11,17H,5,12-13H2,1-4H3,(H,23,26). The molecule has 142 valence electrons. The average Bonchev–Trinajstić information content (AvgIpc) is 3.03. The number of methoxy groups -OCH3 is 1. The Morgan fingerprint density at radius 2 is 2.04 bits per heavy atom. The molecule has 2 amide bonds. The maximum atomic E-state index is 12.8. The van der Waals surface area contributed by atoms with Crippen LogP contribution in [-0.2, 0) is 16.0 Å². The summed E-state index contributed by atoms with van der Waals surface area (Å²) in [7, 11) is 1.58. The van der Waals surface area contributed by atoms with E-state index < -0.39 is 0 Å². The van der Waals surface area contributed by atoms with E-state index in [2.05, 4.69) is 12.2 Å². The fourth-order valence-electron chi connectivity index (χ4n) is 3.64. The zero-order valence-electron chi connectivity index (χ0n) is 16.3. The summed E-state index contributed by atoms with van der Waals surface area (Å²) < 4.78 is 5.33. The number of benzene rings is 2. The first kappa shape index (κ1) is 19.0. The Morgan fingerprint density at radius 1 is 1.26 bits per heavy atom. The molecule has 0 bridgehead atoms. The molecule has 3 rings (SSSR count). The lowest BCUT2D eigenvalue weighted by Gasteiger charge is -2.22. The molecule has 1 aliphatic heterocycles. The topological polar surface area (TPSA) is 58.6 Å². The van der Waals surface area contributed by atoms with Crippen LogP contribution in [-0.4, -0.2) is 25.5 Å². The lowest BCUT2D eigenvalue weighted by Crippen LogP contribution is -2.29. The second-order valence-electron chi connectivity index (χ2n) is 7.03. The maximum absolute atomic E-state index is 12.8. The molecule has 0 aliphatic carbocycles. The molecule has 0 aromatic heterocycles. The Labute approximate surface area is 160 Å². The number of nitrogens with zero attached hydrogens (tertiary/aromatic N) is 1. The number of anilines is 2. The summed E-state index contributed by atoms with van der Waals surface area (Å²) in [6.45, 7) is 6.44. The van der Waals surface area contributed by atoms with Crippen LogP contribution in [0, 0.1) is 19.8 Å². The number of hydrogen-bond acceptors (Lipinski definition) is 3. The van der Waals surface area contributed by atoms with Gasteiger partial charge in [-0.25, -0.2) is 0 Å². The fraction of sp³-hybridized carbons (Fsp3) is 0.364. The molecular formula is C22H26N2O3. The van der Waals surface area contributed by atoms with Gasteiger partial charge >= 0.3 is 0 Å². The zero-order valence-corrected chi connectivity index (χ0v) is 16.3. The number of carbonyl (C=O) groups is 2. The number of para-hydroxylation sites is 1. The van der Waals surface area contributed by atoms with Crippen LogP contribution in [0.2, 0.25) is 0 Å². The van der Waals surface area contributed by atoms with Crippen molar-refractivity contribution < 1.29 is 14.3 Å². The normalized spacial score (nSPS) is 16.5. The molecule has 1 fully saturated rings. The molecule has 5 nitrogen and oxygen atoms in total. The third kappa shape index (κ3) is 3.82. The highest BCUT2D eigenvalue weighted by Crippen LogP contribution is 2.33. The van der Waals surface area contributed by atoms with Gasteiger partial charge in [-0.15, -0.1) is 0 Å². The van der Waals surface area contributed by atoms with Crippen LogP contribution in [0.25, 0.3) is 0 Å².